The number of ether oxygens (including phenoxy) is 2. The minimum Gasteiger partial charge on any atom is -0.497 e. The third kappa shape index (κ3) is 3.77. The molecule has 0 bridgehead atoms. The summed E-state index contributed by atoms with van der Waals surface area (Å²) in [6, 6.07) is 7.89. The first-order chi connectivity index (χ1) is 6.86. The largest absolute Gasteiger partial charge is 0.497 e. The van der Waals surface area contributed by atoms with Crippen molar-refractivity contribution < 1.29 is 14.6 Å². The highest BCUT2D eigenvalue weighted by Gasteiger charge is 1.95. The summed E-state index contributed by atoms with van der Waals surface area (Å²) < 4.78 is 10.3. The van der Waals surface area contributed by atoms with Crippen molar-refractivity contribution in [2.45, 2.75) is 6.42 Å². The topological polar surface area (TPSA) is 38.7 Å². The van der Waals surface area contributed by atoms with E-state index < -0.39 is 0 Å². The van der Waals surface area contributed by atoms with Gasteiger partial charge in [-0.3, -0.25) is 0 Å². The zero-order chi connectivity index (χ0) is 10.2. The summed E-state index contributed by atoms with van der Waals surface area (Å²) in [5.74, 6) is 0.865. The number of methoxy groups -OCH3 is 1. The van der Waals surface area contributed by atoms with Gasteiger partial charge in [0.15, 0.2) is 0 Å². The Labute approximate surface area is 84.3 Å². The zero-order valence-electron chi connectivity index (χ0n) is 8.40. The molecule has 0 amide bonds. The molecule has 1 aromatic carbocycles. The number of rotatable bonds is 6. The van der Waals surface area contributed by atoms with Gasteiger partial charge < -0.3 is 14.6 Å². The molecule has 0 aromatic heterocycles. The Morgan fingerprint density at radius 3 is 2.86 bits per heavy atom. The molecular formula is C11H16O3. The lowest BCUT2D eigenvalue weighted by Crippen LogP contribution is -2.03. The summed E-state index contributed by atoms with van der Waals surface area (Å²) in [6.45, 7) is 1.12. The van der Waals surface area contributed by atoms with Crippen LogP contribution < -0.4 is 4.74 Å². The van der Waals surface area contributed by atoms with E-state index in [0.29, 0.717) is 13.2 Å². The van der Waals surface area contributed by atoms with Gasteiger partial charge in [-0.05, 0) is 24.1 Å². The fourth-order valence-electron chi connectivity index (χ4n) is 1.18. The van der Waals surface area contributed by atoms with Gasteiger partial charge in [0, 0.05) is 0 Å². The standard InChI is InChI=1S/C11H16O3/c1-13-11-4-2-3-10(9-11)5-7-14-8-6-12/h2-4,9,12H,5-8H2,1H3. The average molecular weight is 196 g/mol. The zero-order valence-corrected chi connectivity index (χ0v) is 8.40. The van der Waals surface area contributed by atoms with Gasteiger partial charge in [-0.1, -0.05) is 12.1 Å². The molecule has 0 radical (unpaired) electrons. The lowest BCUT2D eigenvalue weighted by atomic mass is 10.1. The summed E-state index contributed by atoms with van der Waals surface area (Å²) in [7, 11) is 1.65. The van der Waals surface area contributed by atoms with Crippen LogP contribution in [0.2, 0.25) is 0 Å². The Bertz CT molecular complexity index is 260. The van der Waals surface area contributed by atoms with Gasteiger partial charge in [0.05, 0.1) is 26.9 Å². The van der Waals surface area contributed by atoms with Crippen molar-refractivity contribution in [1.29, 1.82) is 0 Å². The van der Waals surface area contributed by atoms with Gasteiger partial charge in [-0.25, -0.2) is 0 Å². The van der Waals surface area contributed by atoms with Crippen molar-refractivity contribution in [3.05, 3.63) is 29.8 Å². The maximum atomic E-state index is 8.50. The molecule has 0 aliphatic carbocycles. The van der Waals surface area contributed by atoms with Gasteiger partial charge >= 0.3 is 0 Å². The summed E-state index contributed by atoms with van der Waals surface area (Å²) >= 11 is 0. The van der Waals surface area contributed by atoms with Crippen LogP contribution >= 0.6 is 0 Å². The maximum Gasteiger partial charge on any atom is 0.119 e. The normalized spacial score (nSPS) is 10.1. The monoisotopic (exact) mass is 196 g/mol. The van der Waals surface area contributed by atoms with E-state index in [0.717, 1.165) is 12.2 Å². The number of hydrogen-bond acceptors (Lipinski definition) is 3. The predicted molar refractivity (Wildman–Crippen MR) is 54.6 cm³/mol. The van der Waals surface area contributed by atoms with Gasteiger partial charge in [0.2, 0.25) is 0 Å². The highest BCUT2D eigenvalue weighted by atomic mass is 16.5. The molecule has 3 heteroatoms. The fourth-order valence-corrected chi connectivity index (χ4v) is 1.18. The Morgan fingerprint density at radius 2 is 2.14 bits per heavy atom. The van der Waals surface area contributed by atoms with Gasteiger partial charge in [-0.15, -0.1) is 0 Å². The van der Waals surface area contributed by atoms with Gasteiger partial charge in [0.1, 0.15) is 5.75 Å². The van der Waals surface area contributed by atoms with Gasteiger partial charge in [-0.2, -0.15) is 0 Å². The van der Waals surface area contributed by atoms with Crippen LogP contribution in [-0.4, -0.2) is 32.0 Å². The highest BCUT2D eigenvalue weighted by molar-refractivity contribution is 5.28. The van der Waals surface area contributed by atoms with E-state index in [1.54, 1.807) is 7.11 Å². The molecule has 0 heterocycles. The van der Waals surface area contributed by atoms with Crippen LogP contribution in [0.4, 0.5) is 0 Å². The van der Waals surface area contributed by atoms with Crippen LogP contribution in [-0.2, 0) is 11.2 Å². The molecule has 0 saturated heterocycles. The van der Waals surface area contributed by atoms with E-state index >= 15 is 0 Å². The molecule has 0 spiro atoms. The Kier molecular flexibility index (Phi) is 5.04. The van der Waals surface area contributed by atoms with E-state index in [1.165, 1.54) is 5.56 Å². The molecule has 1 rings (SSSR count). The SMILES string of the molecule is COc1cccc(CCOCCO)c1. The van der Waals surface area contributed by atoms with Gasteiger partial charge in [0.25, 0.3) is 0 Å². The minimum atomic E-state index is 0.0815. The first-order valence-electron chi connectivity index (χ1n) is 4.68. The van der Waals surface area contributed by atoms with Crippen LogP contribution in [0.5, 0.6) is 5.75 Å². The van der Waals surface area contributed by atoms with Crippen LogP contribution in [0.25, 0.3) is 0 Å². The van der Waals surface area contributed by atoms with Crippen LogP contribution in [0.15, 0.2) is 24.3 Å². The quantitative estimate of drug-likeness (QED) is 0.696. The van der Waals surface area contributed by atoms with E-state index in [-0.39, 0.29) is 6.61 Å². The summed E-state index contributed by atoms with van der Waals surface area (Å²) in [6.07, 6.45) is 0.844. The van der Waals surface area contributed by atoms with Crippen LogP contribution in [0.1, 0.15) is 5.56 Å². The molecule has 0 saturated carbocycles. The van der Waals surface area contributed by atoms with Crippen molar-refractivity contribution in [3.63, 3.8) is 0 Å². The third-order valence-corrected chi connectivity index (χ3v) is 1.90. The number of hydrogen-bond donors (Lipinski definition) is 1. The Hall–Kier alpha value is -1.06. The predicted octanol–water partition coefficient (Wildman–Crippen LogP) is 1.25. The van der Waals surface area contributed by atoms with Crippen molar-refractivity contribution >= 4 is 0 Å². The van der Waals surface area contributed by atoms with E-state index in [1.807, 2.05) is 24.3 Å². The number of benzene rings is 1. The Morgan fingerprint density at radius 1 is 1.29 bits per heavy atom. The smallest absolute Gasteiger partial charge is 0.119 e. The summed E-state index contributed by atoms with van der Waals surface area (Å²) in [5, 5.41) is 8.50. The average Bonchev–Trinajstić information content (AvgIpc) is 2.25. The second-order valence-corrected chi connectivity index (χ2v) is 2.94. The van der Waals surface area contributed by atoms with Crippen LogP contribution in [0, 0.1) is 0 Å². The molecule has 14 heavy (non-hydrogen) atoms. The second kappa shape index (κ2) is 6.40. The summed E-state index contributed by atoms with van der Waals surface area (Å²) in [4.78, 5) is 0. The highest BCUT2D eigenvalue weighted by Crippen LogP contribution is 2.12. The third-order valence-electron chi connectivity index (χ3n) is 1.90. The molecule has 3 nitrogen and oxygen atoms in total. The van der Waals surface area contributed by atoms with Crippen LogP contribution in [0.3, 0.4) is 0 Å². The molecule has 78 valence electrons. The Balaban J connectivity index is 2.34. The lowest BCUT2D eigenvalue weighted by molar-refractivity contribution is 0.0944. The summed E-state index contributed by atoms with van der Waals surface area (Å²) in [5.41, 5.74) is 1.18. The maximum absolute atomic E-state index is 8.50. The molecule has 0 aliphatic rings. The first kappa shape index (κ1) is 11.0. The van der Waals surface area contributed by atoms with E-state index in [2.05, 4.69) is 0 Å². The van der Waals surface area contributed by atoms with Crippen molar-refractivity contribution in [2.24, 2.45) is 0 Å². The molecule has 0 aliphatic heterocycles. The molecular weight excluding hydrogens is 180 g/mol. The van der Waals surface area contributed by atoms with Crippen molar-refractivity contribution in [2.75, 3.05) is 26.9 Å². The molecule has 0 atom stereocenters. The van der Waals surface area contributed by atoms with Crippen molar-refractivity contribution in [1.82, 2.24) is 0 Å². The molecule has 1 N–H and O–H groups in total. The first-order valence-corrected chi connectivity index (χ1v) is 4.68. The molecule has 0 unspecified atom stereocenters. The second-order valence-electron chi connectivity index (χ2n) is 2.94. The molecule has 1 aromatic rings. The van der Waals surface area contributed by atoms with E-state index in [9.17, 15) is 0 Å². The number of aliphatic hydroxyl groups is 1. The van der Waals surface area contributed by atoms with Crippen molar-refractivity contribution in [3.8, 4) is 5.75 Å². The molecule has 0 fully saturated rings. The number of aliphatic hydroxyl groups excluding tert-OH is 1. The lowest BCUT2D eigenvalue weighted by Gasteiger charge is -2.04. The fraction of sp³-hybridized carbons (Fsp3) is 0.455. The van der Waals surface area contributed by atoms with E-state index in [4.69, 9.17) is 14.6 Å². The minimum absolute atomic E-state index is 0.0815.